The van der Waals surface area contributed by atoms with Crippen molar-refractivity contribution in [1.82, 2.24) is 10.3 Å². The molecule has 0 aliphatic carbocycles. The maximum absolute atomic E-state index is 8.82. The standard InChI is InChI=1S/C11H14N2O3/c1-8-4-13-11(15-8)6-12-5-9-2-3-10(7-14)16-9/h2-4,12,14H,5-7H2,1H3. The van der Waals surface area contributed by atoms with Crippen LogP contribution in [0, 0.1) is 6.92 Å². The first-order chi connectivity index (χ1) is 7.78. The molecule has 0 unspecified atom stereocenters. The van der Waals surface area contributed by atoms with E-state index >= 15 is 0 Å². The Morgan fingerprint density at radius 3 is 2.69 bits per heavy atom. The van der Waals surface area contributed by atoms with Gasteiger partial charge < -0.3 is 19.3 Å². The molecule has 0 saturated heterocycles. The monoisotopic (exact) mass is 222 g/mol. The molecule has 0 aliphatic rings. The summed E-state index contributed by atoms with van der Waals surface area (Å²) in [7, 11) is 0. The maximum Gasteiger partial charge on any atom is 0.208 e. The third-order valence-corrected chi connectivity index (χ3v) is 2.12. The third-order valence-electron chi connectivity index (χ3n) is 2.12. The fraction of sp³-hybridized carbons (Fsp3) is 0.364. The molecule has 5 nitrogen and oxygen atoms in total. The summed E-state index contributed by atoms with van der Waals surface area (Å²) in [4.78, 5) is 4.07. The minimum Gasteiger partial charge on any atom is -0.462 e. The van der Waals surface area contributed by atoms with E-state index in [2.05, 4.69) is 10.3 Å². The highest BCUT2D eigenvalue weighted by Gasteiger charge is 2.02. The molecule has 0 saturated carbocycles. The topological polar surface area (TPSA) is 71.4 Å². The Labute approximate surface area is 93.1 Å². The van der Waals surface area contributed by atoms with Gasteiger partial charge in [0, 0.05) is 0 Å². The Bertz CT molecular complexity index is 448. The molecule has 0 spiro atoms. The quantitative estimate of drug-likeness (QED) is 0.799. The molecular formula is C11H14N2O3. The van der Waals surface area contributed by atoms with E-state index in [9.17, 15) is 0 Å². The van der Waals surface area contributed by atoms with Crippen molar-refractivity contribution in [3.05, 3.63) is 41.5 Å². The number of aliphatic hydroxyl groups is 1. The number of nitrogens with one attached hydrogen (secondary N) is 1. The number of oxazole rings is 1. The van der Waals surface area contributed by atoms with E-state index < -0.39 is 0 Å². The van der Waals surface area contributed by atoms with Crippen molar-refractivity contribution in [2.24, 2.45) is 0 Å². The van der Waals surface area contributed by atoms with Crippen LogP contribution in [0.5, 0.6) is 0 Å². The number of aliphatic hydroxyl groups excluding tert-OH is 1. The van der Waals surface area contributed by atoms with Gasteiger partial charge in [-0.15, -0.1) is 0 Å². The van der Waals surface area contributed by atoms with Gasteiger partial charge in [-0.05, 0) is 19.1 Å². The smallest absolute Gasteiger partial charge is 0.208 e. The predicted octanol–water partition coefficient (Wildman–Crippen LogP) is 1.36. The first-order valence-corrected chi connectivity index (χ1v) is 5.08. The van der Waals surface area contributed by atoms with E-state index in [4.69, 9.17) is 13.9 Å². The van der Waals surface area contributed by atoms with E-state index in [1.54, 1.807) is 12.3 Å². The molecule has 16 heavy (non-hydrogen) atoms. The first kappa shape index (κ1) is 10.9. The molecule has 0 fully saturated rings. The second-order valence-corrected chi connectivity index (χ2v) is 3.49. The Kier molecular flexibility index (Phi) is 3.38. The SMILES string of the molecule is Cc1cnc(CNCc2ccc(CO)o2)o1. The van der Waals surface area contributed by atoms with Crippen LogP contribution in [0.2, 0.25) is 0 Å². The molecule has 0 radical (unpaired) electrons. The van der Waals surface area contributed by atoms with E-state index in [-0.39, 0.29) is 6.61 Å². The predicted molar refractivity (Wildman–Crippen MR) is 56.4 cm³/mol. The normalized spacial score (nSPS) is 10.9. The molecule has 2 aromatic heterocycles. The summed E-state index contributed by atoms with van der Waals surface area (Å²) in [5, 5.41) is 12.0. The molecule has 0 atom stereocenters. The van der Waals surface area contributed by atoms with Gasteiger partial charge in [-0.25, -0.2) is 4.98 Å². The molecular weight excluding hydrogens is 208 g/mol. The van der Waals surface area contributed by atoms with Crippen LogP contribution in [0.1, 0.15) is 23.2 Å². The zero-order valence-corrected chi connectivity index (χ0v) is 9.06. The Hall–Kier alpha value is -1.59. The van der Waals surface area contributed by atoms with Crippen molar-refractivity contribution in [3.8, 4) is 0 Å². The van der Waals surface area contributed by atoms with E-state index in [1.165, 1.54) is 0 Å². The van der Waals surface area contributed by atoms with Gasteiger partial charge in [0.1, 0.15) is 23.9 Å². The molecule has 0 aliphatic heterocycles. The highest BCUT2D eigenvalue weighted by Crippen LogP contribution is 2.07. The Morgan fingerprint density at radius 1 is 1.25 bits per heavy atom. The van der Waals surface area contributed by atoms with Crippen LogP contribution in [0.25, 0.3) is 0 Å². The van der Waals surface area contributed by atoms with Crippen LogP contribution in [-0.2, 0) is 19.7 Å². The van der Waals surface area contributed by atoms with Gasteiger partial charge in [-0.3, -0.25) is 0 Å². The number of nitrogens with zero attached hydrogens (tertiary/aromatic N) is 1. The molecule has 86 valence electrons. The summed E-state index contributed by atoms with van der Waals surface area (Å²) in [5.41, 5.74) is 0. The molecule has 0 aromatic carbocycles. The fourth-order valence-electron chi connectivity index (χ4n) is 1.38. The average Bonchev–Trinajstić information content (AvgIpc) is 2.88. The van der Waals surface area contributed by atoms with Crippen LogP contribution in [-0.4, -0.2) is 10.1 Å². The van der Waals surface area contributed by atoms with Crippen molar-refractivity contribution >= 4 is 0 Å². The Morgan fingerprint density at radius 2 is 2.06 bits per heavy atom. The van der Waals surface area contributed by atoms with Gasteiger partial charge in [0.15, 0.2) is 0 Å². The van der Waals surface area contributed by atoms with E-state index in [0.717, 1.165) is 11.5 Å². The van der Waals surface area contributed by atoms with Gasteiger partial charge in [0.25, 0.3) is 0 Å². The van der Waals surface area contributed by atoms with Crippen molar-refractivity contribution in [3.63, 3.8) is 0 Å². The van der Waals surface area contributed by atoms with Crippen molar-refractivity contribution in [1.29, 1.82) is 0 Å². The van der Waals surface area contributed by atoms with Crippen LogP contribution in [0.3, 0.4) is 0 Å². The van der Waals surface area contributed by atoms with Crippen molar-refractivity contribution < 1.29 is 13.9 Å². The van der Waals surface area contributed by atoms with Crippen LogP contribution >= 0.6 is 0 Å². The summed E-state index contributed by atoms with van der Waals surface area (Å²) >= 11 is 0. The van der Waals surface area contributed by atoms with Crippen LogP contribution in [0.4, 0.5) is 0 Å². The van der Waals surface area contributed by atoms with E-state index in [0.29, 0.717) is 24.7 Å². The number of furan rings is 1. The zero-order valence-electron chi connectivity index (χ0n) is 9.06. The van der Waals surface area contributed by atoms with Gasteiger partial charge >= 0.3 is 0 Å². The minimum absolute atomic E-state index is 0.0705. The van der Waals surface area contributed by atoms with Gasteiger partial charge in [0.05, 0.1) is 19.3 Å². The Balaban J connectivity index is 1.79. The lowest BCUT2D eigenvalue weighted by Gasteiger charge is -1.98. The lowest BCUT2D eigenvalue weighted by molar-refractivity contribution is 0.242. The maximum atomic E-state index is 8.82. The molecule has 0 amide bonds. The number of hydrogen-bond donors (Lipinski definition) is 2. The number of rotatable bonds is 5. The van der Waals surface area contributed by atoms with E-state index in [1.807, 2.05) is 13.0 Å². The summed E-state index contributed by atoms with van der Waals surface area (Å²) in [6.45, 7) is 2.93. The third kappa shape index (κ3) is 2.71. The molecule has 5 heteroatoms. The molecule has 2 aromatic rings. The zero-order chi connectivity index (χ0) is 11.4. The molecule has 2 N–H and O–H groups in total. The first-order valence-electron chi connectivity index (χ1n) is 5.08. The second-order valence-electron chi connectivity index (χ2n) is 3.49. The largest absolute Gasteiger partial charge is 0.462 e. The highest BCUT2D eigenvalue weighted by atomic mass is 16.4. The number of aryl methyl sites for hydroxylation is 1. The van der Waals surface area contributed by atoms with Crippen molar-refractivity contribution in [2.45, 2.75) is 26.6 Å². The van der Waals surface area contributed by atoms with Gasteiger partial charge in [-0.2, -0.15) is 0 Å². The average molecular weight is 222 g/mol. The fourth-order valence-corrected chi connectivity index (χ4v) is 1.38. The van der Waals surface area contributed by atoms with Crippen LogP contribution in [0.15, 0.2) is 27.2 Å². The summed E-state index contributed by atoms with van der Waals surface area (Å²) in [5.74, 6) is 2.82. The summed E-state index contributed by atoms with van der Waals surface area (Å²) in [6, 6.07) is 3.59. The minimum atomic E-state index is -0.0705. The molecule has 2 rings (SSSR count). The van der Waals surface area contributed by atoms with Gasteiger partial charge in [0.2, 0.25) is 5.89 Å². The van der Waals surface area contributed by atoms with Crippen LogP contribution < -0.4 is 5.32 Å². The molecule has 0 bridgehead atoms. The lowest BCUT2D eigenvalue weighted by Crippen LogP contribution is -2.12. The second kappa shape index (κ2) is 4.96. The van der Waals surface area contributed by atoms with Gasteiger partial charge in [-0.1, -0.05) is 0 Å². The van der Waals surface area contributed by atoms with Crippen molar-refractivity contribution in [2.75, 3.05) is 0 Å². The number of hydrogen-bond acceptors (Lipinski definition) is 5. The summed E-state index contributed by atoms with van der Waals surface area (Å²) < 4.78 is 10.6. The molecule has 2 heterocycles. The lowest BCUT2D eigenvalue weighted by atomic mass is 10.4. The number of aromatic nitrogens is 1. The highest BCUT2D eigenvalue weighted by molar-refractivity contribution is 5.06. The summed E-state index contributed by atoms with van der Waals surface area (Å²) in [6.07, 6.45) is 1.69.